The van der Waals surface area contributed by atoms with Crippen molar-refractivity contribution in [1.29, 1.82) is 0 Å². The van der Waals surface area contributed by atoms with Crippen LogP contribution in [0.5, 0.6) is 0 Å². The molecule has 106 valence electrons. The molecule has 0 aliphatic rings. The lowest BCUT2D eigenvalue weighted by Gasteiger charge is -2.06. The van der Waals surface area contributed by atoms with Gasteiger partial charge in [0.05, 0.1) is 0 Å². The molecule has 0 saturated heterocycles. The van der Waals surface area contributed by atoms with Gasteiger partial charge in [0, 0.05) is 5.75 Å². The van der Waals surface area contributed by atoms with Crippen molar-refractivity contribution in [2.75, 3.05) is 0 Å². The third kappa shape index (κ3) is 3.51. The van der Waals surface area contributed by atoms with Crippen LogP contribution >= 0.6 is 11.8 Å². The Morgan fingerprint density at radius 3 is 2.38 bits per heavy atom. The molecule has 1 atom stereocenters. The zero-order valence-electron chi connectivity index (χ0n) is 11.3. The van der Waals surface area contributed by atoms with E-state index >= 15 is 0 Å². The number of H-pyrrole nitrogens is 1. The Labute approximate surface area is 127 Å². The second kappa shape index (κ2) is 6.56. The highest BCUT2D eigenvalue weighted by molar-refractivity contribution is 7.98. The van der Waals surface area contributed by atoms with Crippen molar-refractivity contribution in [2.45, 2.75) is 17.0 Å². The molecule has 0 bridgehead atoms. The van der Waals surface area contributed by atoms with Gasteiger partial charge in [0.2, 0.25) is 5.16 Å². The summed E-state index contributed by atoms with van der Waals surface area (Å²) in [4.78, 5) is 4.35. The number of aromatic amines is 1. The Morgan fingerprint density at radius 2 is 1.67 bits per heavy atom. The molecule has 3 aromatic rings. The first-order valence-corrected chi connectivity index (χ1v) is 7.63. The SMILES string of the molecule is O[C@H](c1ccccc1)c1nc(SCc2ccccc2)n[nH]1. The summed E-state index contributed by atoms with van der Waals surface area (Å²) in [5.41, 5.74) is 2.02. The average Bonchev–Trinajstić information content (AvgIpc) is 3.03. The number of aliphatic hydroxyl groups excluding tert-OH is 1. The van der Waals surface area contributed by atoms with Crippen molar-refractivity contribution >= 4 is 11.8 Å². The van der Waals surface area contributed by atoms with Gasteiger partial charge in [0.1, 0.15) is 6.10 Å². The topological polar surface area (TPSA) is 61.8 Å². The summed E-state index contributed by atoms with van der Waals surface area (Å²) in [6.07, 6.45) is -0.773. The average molecular weight is 297 g/mol. The molecular weight excluding hydrogens is 282 g/mol. The molecule has 0 radical (unpaired) electrons. The van der Waals surface area contributed by atoms with Crippen molar-refractivity contribution in [3.05, 3.63) is 77.6 Å². The van der Waals surface area contributed by atoms with E-state index in [4.69, 9.17) is 0 Å². The Hall–Kier alpha value is -2.11. The van der Waals surface area contributed by atoms with Crippen molar-refractivity contribution in [3.8, 4) is 0 Å². The van der Waals surface area contributed by atoms with Gasteiger partial charge in [-0.2, -0.15) is 0 Å². The van der Waals surface area contributed by atoms with Crippen LogP contribution in [0.1, 0.15) is 23.1 Å². The molecule has 1 aromatic heterocycles. The summed E-state index contributed by atoms with van der Waals surface area (Å²) >= 11 is 1.54. The number of nitrogens with one attached hydrogen (secondary N) is 1. The van der Waals surface area contributed by atoms with Crippen LogP contribution in [0.15, 0.2) is 65.8 Å². The van der Waals surface area contributed by atoms with Crippen LogP contribution in [0.25, 0.3) is 0 Å². The van der Waals surface area contributed by atoms with Gasteiger partial charge >= 0.3 is 0 Å². The molecule has 4 nitrogen and oxygen atoms in total. The van der Waals surface area contributed by atoms with Crippen molar-refractivity contribution < 1.29 is 5.11 Å². The first-order chi connectivity index (χ1) is 10.3. The molecule has 2 aromatic carbocycles. The van der Waals surface area contributed by atoms with E-state index in [9.17, 15) is 5.11 Å². The molecular formula is C16H15N3OS. The fourth-order valence-electron chi connectivity index (χ4n) is 1.96. The normalized spacial score (nSPS) is 12.2. The van der Waals surface area contributed by atoms with E-state index in [2.05, 4.69) is 27.3 Å². The smallest absolute Gasteiger partial charge is 0.208 e. The zero-order valence-corrected chi connectivity index (χ0v) is 12.1. The third-order valence-corrected chi connectivity index (χ3v) is 3.99. The predicted molar refractivity (Wildman–Crippen MR) is 82.9 cm³/mol. The first kappa shape index (κ1) is 13.9. The first-order valence-electron chi connectivity index (χ1n) is 6.65. The van der Waals surface area contributed by atoms with E-state index in [1.54, 1.807) is 11.8 Å². The van der Waals surface area contributed by atoms with Crippen molar-refractivity contribution in [2.24, 2.45) is 0 Å². The lowest BCUT2D eigenvalue weighted by molar-refractivity contribution is 0.210. The van der Waals surface area contributed by atoms with E-state index in [1.807, 2.05) is 48.5 Å². The molecule has 0 aliphatic carbocycles. The van der Waals surface area contributed by atoms with Gasteiger partial charge in [-0.25, -0.2) is 4.98 Å². The van der Waals surface area contributed by atoms with E-state index in [0.29, 0.717) is 11.0 Å². The number of nitrogens with zero attached hydrogens (tertiary/aromatic N) is 2. The molecule has 21 heavy (non-hydrogen) atoms. The minimum absolute atomic E-state index is 0.469. The van der Waals surface area contributed by atoms with Crippen LogP contribution in [-0.2, 0) is 5.75 Å². The quantitative estimate of drug-likeness (QED) is 0.710. The Kier molecular flexibility index (Phi) is 4.33. The minimum atomic E-state index is -0.773. The van der Waals surface area contributed by atoms with E-state index in [0.717, 1.165) is 11.3 Å². The van der Waals surface area contributed by atoms with E-state index < -0.39 is 6.10 Å². The monoisotopic (exact) mass is 297 g/mol. The largest absolute Gasteiger partial charge is 0.380 e. The van der Waals surface area contributed by atoms with Gasteiger partial charge in [-0.3, -0.25) is 5.10 Å². The van der Waals surface area contributed by atoms with E-state index in [-0.39, 0.29) is 0 Å². The van der Waals surface area contributed by atoms with Crippen LogP contribution in [0.4, 0.5) is 0 Å². The lowest BCUT2D eigenvalue weighted by atomic mass is 10.1. The maximum atomic E-state index is 10.2. The van der Waals surface area contributed by atoms with Crippen LogP contribution < -0.4 is 0 Å². The maximum Gasteiger partial charge on any atom is 0.208 e. The van der Waals surface area contributed by atoms with Crippen LogP contribution in [0.2, 0.25) is 0 Å². The summed E-state index contributed by atoms with van der Waals surface area (Å²) in [6, 6.07) is 19.6. The summed E-state index contributed by atoms with van der Waals surface area (Å²) in [5.74, 6) is 1.27. The molecule has 2 N–H and O–H groups in total. The second-order valence-electron chi connectivity index (χ2n) is 4.59. The molecule has 1 heterocycles. The van der Waals surface area contributed by atoms with Crippen molar-refractivity contribution in [3.63, 3.8) is 0 Å². The number of thioether (sulfide) groups is 1. The summed E-state index contributed by atoms with van der Waals surface area (Å²) in [7, 11) is 0. The lowest BCUT2D eigenvalue weighted by Crippen LogP contribution is -2.01. The highest BCUT2D eigenvalue weighted by atomic mass is 32.2. The van der Waals surface area contributed by atoms with Crippen LogP contribution in [-0.4, -0.2) is 20.3 Å². The second-order valence-corrected chi connectivity index (χ2v) is 5.53. The van der Waals surface area contributed by atoms with Gasteiger partial charge < -0.3 is 5.11 Å². The third-order valence-electron chi connectivity index (χ3n) is 3.07. The summed E-state index contributed by atoms with van der Waals surface area (Å²) in [6.45, 7) is 0. The molecule has 0 spiro atoms. The highest BCUT2D eigenvalue weighted by Crippen LogP contribution is 2.23. The summed E-state index contributed by atoms with van der Waals surface area (Å²) < 4.78 is 0. The molecule has 0 aliphatic heterocycles. The highest BCUT2D eigenvalue weighted by Gasteiger charge is 2.15. The van der Waals surface area contributed by atoms with Crippen molar-refractivity contribution in [1.82, 2.24) is 15.2 Å². The number of aromatic nitrogens is 3. The van der Waals surface area contributed by atoms with Gasteiger partial charge in [-0.05, 0) is 11.1 Å². The number of hydrogen-bond donors (Lipinski definition) is 2. The fourth-order valence-corrected chi connectivity index (χ4v) is 2.72. The van der Waals surface area contributed by atoms with Crippen LogP contribution in [0.3, 0.4) is 0 Å². The Balaban J connectivity index is 1.66. The molecule has 0 fully saturated rings. The molecule has 0 saturated carbocycles. The van der Waals surface area contributed by atoms with Gasteiger partial charge in [-0.1, -0.05) is 72.4 Å². The van der Waals surface area contributed by atoms with Crippen LogP contribution in [0, 0.1) is 0 Å². The minimum Gasteiger partial charge on any atom is -0.380 e. The number of benzene rings is 2. The number of aliphatic hydroxyl groups is 1. The predicted octanol–water partition coefficient (Wildman–Crippen LogP) is 3.18. The Morgan fingerprint density at radius 1 is 1.00 bits per heavy atom. The number of hydrogen-bond acceptors (Lipinski definition) is 4. The molecule has 0 unspecified atom stereocenters. The maximum absolute atomic E-state index is 10.2. The number of rotatable bonds is 5. The van der Waals surface area contributed by atoms with Gasteiger partial charge in [0.15, 0.2) is 5.82 Å². The summed E-state index contributed by atoms with van der Waals surface area (Å²) in [5, 5.41) is 17.8. The molecule has 5 heteroatoms. The standard InChI is InChI=1S/C16H15N3OS/c20-14(13-9-5-2-6-10-13)15-17-16(19-18-15)21-11-12-7-3-1-4-8-12/h1-10,14,20H,11H2,(H,17,18,19)/t14-/m1/s1. The van der Waals surface area contributed by atoms with Gasteiger partial charge in [0.25, 0.3) is 0 Å². The van der Waals surface area contributed by atoms with E-state index in [1.165, 1.54) is 5.56 Å². The fraction of sp³-hybridized carbons (Fsp3) is 0.125. The van der Waals surface area contributed by atoms with Gasteiger partial charge in [-0.15, -0.1) is 5.10 Å². The zero-order chi connectivity index (χ0) is 14.5. The Bertz CT molecular complexity index is 685. The molecule has 0 amide bonds. The molecule has 3 rings (SSSR count).